The summed E-state index contributed by atoms with van der Waals surface area (Å²) in [6.07, 6.45) is 5.23. The summed E-state index contributed by atoms with van der Waals surface area (Å²) in [7, 11) is 0. The van der Waals surface area contributed by atoms with E-state index in [4.69, 9.17) is 0 Å². The molecule has 0 aromatic heterocycles. The van der Waals surface area contributed by atoms with Gasteiger partial charge in [-0.05, 0) is 88.2 Å². The second-order valence-electron chi connectivity index (χ2n) is 8.91. The van der Waals surface area contributed by atoms with Gasteiger partial charge in [0.1, 0.15) is 0 Å². The number of hydrogen-bond donors (Lipinski definition) is 0. The van der Waals surface area contributed by atoms with Crippen LogP contribution in [0.25, 0.3) is 12.2 Å². The van der Waals surface area contributed by atoms with E-state index in [0.29, 0.717) is 13.1 Å². The lowest BCUT2D eigenvalue weighted by molar-refractivity contribution is -0.113. The highest BCUT2D eigenvalue weighted by Gasteiger charge is 2.25. The Morgan fingerprint density at radius 1 is 0.676 bits per heavy atom. The predicted molar refractivity (Wildman–Crippen MR) is 148 cm³/mol. The molecule has 3 rings (SSSR count). The van der Waals surface area contributed by atoms with Crippen LogP contribution in [0.5, 0.6) is 0 Å². The van der Waals surface area contributed by atoms with E-state index in [1.165, 1.54) is 11.4 Å². The fraction of sp³-hybridized carbons (Fsp3) is 0.433. The van der Waals surface area contributed by atoms with Crippen LogP contribution in [0, 0.1) is 0 Å². The van der Waals surface area contributed by atoms with Gasteiger partial charge in [0, 0.05) is 61.8 Å². The van der Waals surface area contributed by atoms with Gasteiger partial charge in [0.05, 0.1) is 0 Å². The lowest BCUT2D eigenvalue weighted by atomic mass is 9.94. The van der Waals surface area contributed by atoms with Crippen LogP contribution in [0.4, 0.5) is 11.4 Å². The van der Waals surface area contributed by atoms with E-state index < -0.39 is 0 Å². The Bertz CT molecular complexity index is 903. The van der Waals surface area contributed by atoms with E-state index in [9.17, 15) is 4.79 Å². The summed E-state index contributed by atoms with van der Waals surface area (Å²) in [5.41, 5.74) is 6.37. The maximum atomic E-state index is 13.4. The molecule has 4 nitrogen and oxygen atoms in total. The lowest BCUT2D eigenvalue weighted by Crippen LogP contribution is -2.38. The molecule has 182 valence electrons. The molecule has 0 amide bonds. The minimum absolute atomic E-state index is 0.174. The van der Waals surface area contributed by atoms with Crippen molar-refractivity contribution in [2.75, 3.05) is 55.6 Å². The standard InChI is InChI=1S/C30H41N3O/c1-6-19-31-22-26(20-24-11-15-28(16-12-24)32(7-2)8-3)30(34)27(23-31)21-25-13-17-29(18-14-25)33(9-4)10-5/h11-18,20-21H,6-10,19,22-23H2,1-5H3. The third-order valence-electron chi connectivity index (χ3n) is 6.64. The number of likely N-dealkylation sites (tertiary alicyclic amines) is 1. The Morgan fingerprint density at radius 2 is 1.06 bits per heavy atom. The van der Waals surface area contributed by atoms with E-state index in [1.807, 2.05) is 0 Å². The van der Waals surface area contributed by atoms with Crippen molar-refractivity contribution in [1.29, 1.82) is 0 Å². The topological polar surface area (TPSA) is 26.8 Å². The summed E-state index contributed by atoms with van der Waals surface area (Å²) in [6.45, 7) is 17.3. The first-order valence-electron chi connectivity index (χ1n) is 12.9. The summed E-state index contributed by atoms with van der Waals surface area (Å²) in [5, 5.41) is 0. The molecule has 0 unspecified atom stereocenters. The quantitative estimate of drug-likeness (QED) is 0.399. The molecular weight excluding hydrogens is 418 g/mol. The highest BCUT2D eigenvalue weighted by molar-refractivity contribution is 6.14. The van der Waals surface area contributed by atoms with Gasteiger partial charge in [-0.15, -0.1) is 0 Å². The molecule has 0 spiro atoms. The third-order valence-corrected chi connectivity index (χ3v) is 6.64. The average Bonchev–Trinajstić information content (AvgIpc) is 2.85. The SMILES string of the molecule is CCCN1CC(=Cc2ccc(N(CC)CC)cc2)C(=O)C(=Cc2ccc(N(CC)CC)cc2)C1. The molecular formula is C30H41N3O. The Labute approximate surface area is 206 Å². The number of benzene rings is 2. The molecule has 0 aliphatic carbocycles. The molecule has 1 fully saturated rings. The first kappa shape index (κ1) is 25.8. The van der Waals surface area contributed by atoms with Crippen molar-refractivity contribution in [1.82, 2.24) is 4.90 Å². The number of ketones is 1. The number of piperidine rings is 1. The molecule has 2 aromatic rings. The zero-order valence-corrected chi connectivity index (χ0v) is 21.7. The maximum Gasteiger partial charge on any atom is 0.187 e. The number of Topliss-reactive ketones (excluding diaryl/α,β-unsaturated/α-hetero) is 1. The zero-order valence-electron chi connectivity index (χ0n) is 21.7. The smallest absolute Gasteiger partial charge is 0.187 e. The van der Waals surface area contributed by atoms with Crippen LogP contribution in [0.2, 0.25) is 0 Å². The lowest BCUT2D eigenvalue weighted by Gasteiger charge is -2.29. The molecule has 0 saturated carbocycles. The molecule has 1 saturated heterocycles. The van der Waals surface area contributed by atoms with Gasteiger partial charge in [0.25, 0.3) is 0 Å². The summed E-state index contributed by atoms with van der Waals surface area (Å²) in [4.78, 5) is 20.5. The molecule has 4 heteroatoms. The fourth-order valence-corrected chi connectivity index (χ4v) is 4.73. The number of rotatable bonds is 10. The Kier molecular flexibility index (Phi) is 9.52. The number of hydrogen-bond acceptors (Lipinski definition) is 4. The van der Waals surface area contributed by atoms with E-state index in [1.54, 1.807) is 0 Å². The van der Waals surface area contributed by atoms with Crippen LogP contribution >= 0.6 is 0 Å². The Morgan fingerprint density at radius 3 is 1.38 bits per heavy atom. The molecule has 0 N–H and O–H groups in total. The van der Waals surface area contributed by atoms with Crippen molar-refractivity contribution in [2.45, 2.75) is 41.0 Å². The summed E-state index contributed by atoms with van der Waals surface area (Å²) in [5.74, 6) is 0.174. The van der Waals surface area contributed by atoms with Gasteiger partial charge in [0.15, 0.2) is 5.78 Å². The van der Waals surface area contributed by atoms with Gasteiger partial charge in [-0.1, -0.05) is 31.2 Å². The van der Waals surface area contributed by atoms with E-state index in [0.717, 1.165) is 61.4 Å². The second-order valence-corrected chi connectivity index (χ2v) is 8.91. The van der Waals surface area contributed by atoms with E-state index >= 15 is 0 Å². The van der Waals surface area contributed by atoms with Gasteiger partial charge in [-0.2, -0.15) is 0 Å². The van der Waals surface area contributed by atoms with Gasteiger partial charge >= 0.3 is 0 Å². The van der Waals surface area contributed by atoms with Crippen molar-refractivity contribution in [3.8, 4) is 0 Å². The van der Waals surface area contributed by atoms with Gasteiger partial charge in [0.2, 0.25) is 0 Å². The fourth-order valence-electron chi connectivity index (χ4n) is 4.73. The predicted octanol–water partition coefficient (Wildman–Crippen LogP) is 6.14. The van der Waals surface area contributed by atoms with Crippen LogP contribution in [0.15, 0.2) is 59.7 Å². The summed E-state index contributed by atoms with van der Waals surface area (Å²) in [6, 6.07) is 17.1. The third kappa shape index (κ3) is 6.38. The van der Waals surface area contributed by atoms with Gasteiger partial charge < -0.3 is 9.80 Å². The normalized spacial score (nSPS) is 16.9. The summed E-state index contributed by atoms with van der Waals surface area (Å²) < 4.78 is 0. The number of nitrogens with zero attached hydrogens (tertiary/aromatic N) is 3. The summed E-state index contributed by atoms with van der Waals surface area (Å²) >= 11 is 0. The average molecular weight is 460 g/mol. The van der Waals surface area contributed by atoms with E-state index in [2.05, 4.69) is 110 Å². The molecule has 0 atom stereocenters. The number of carbonyl (C=O) groups is 1. The van der Waals surface area contributed by atoms with Crippen LogP contribution in [-0.2, 0) is 4.79 Å². The maximum absolute atomic E-state index is 13.4. The minimum atomic E-state index is 0.174. The molecule has 34 heavy (non-hydrogen) atoms. The van der Waals surface area contributed by atoms with Crippen molar-refractivity contribution >= 4 is 29.3 Å². The minimum Gasteiger partial charge on any atom is -0.372 e. The highest BCUT2D eigenvalue weighted by Crippen LogP contribution is 2.24. The van der Waals surface area contributed by atoms with Crippen LogP contribution in [-0.4, -0.2) is 56.5 Å². The number of carbonyl (C=O) groups excluding carboxylic acids is 1. The van der Waals surface area contributed by atoms with Crippen molar-refractivity contribution < 1.29 is 4.79 Å². The molecule has 1 aliphatic rings. The largest absolute Gasteiger partial charge is 0.372 e. The first-order chi connectivity index (χ1) is 16.5. The number of anilines is 2. The monoisotopic (exact) mass is 459 g/mol. The van der Waals surface area contributed by atoms with Crippen molar-refractivity contribution in [2.24, 2.45) is 0 Å². The zero-order chi connectivity index (χ0) is 24.5. The highest BCUT2D eigenvalue weighted by atomic mass is 16.1. The Hall–Kier alpha value is -2.85. The van der Waals surface area contributed by atoms with Crippen LogP contribution in [0.3, 0.4) is 0 Å². The molecule has 1 aliphatic heterocycles. The Balaban J connectivity index is 1.86. The van der Waals surface area contributed by atoms with Crippen LogP contribution in [0.1, 0.15) is 52.2 Å². The van der Waals surface area contributed by atoms with Crippen molar-refractivity contribution in [3.05, 3.63) is 70.8 Å². The van der Waals surface area contributed by atoms with Gasteiger partial charge in [-0.25, -0.2) is 0 Å². The second kappa shape index (κ2) is 12.6. The van der Waals surface area contributed by atoms with Crippen LogP contribution < -0.4 is 9.80 Å². The molecule has 0 bridgehead atoms. The molecule has 2 aromatic carbocycles. The first-order valence-corrected chi connectivity index (χ1v) is 12.9. The molecule has 0 radical (unpaired) electrons. The van der Waals surface area contributed by atoms with Crippen molar-refractivity contribution in [3.63, 3.8) is 0 Å². The molecule has 1 heterocycles. The van der Waals surface area contributed by atoms with Gasteiger partial charge in [-0.3, -0.25) is 9.69 Å². The van der Waals surface area contributed by atoms with E-state index in [-0.39, 0.29) is 5.78 Å².